The maximum atomic E-state index is 11.9. The van der Waals surface area contributed by atoms with E-state index in [2.05, 4.69) is 10.5 Å². The third-order valence-corrected chi connectivity index (χ3v) is 4.06. The molecule has 1 heterocycles. The Hall–Kier alpha value is -3.25. The lowest BCUT2D eigenvalue weighted by Gasteiger charge is -2.03. The van der Waals surface area contributed by atoms with Gasteiger partial charge in [-0.15, -0.1) is 11.3 Å². The molecular weight excluding hydrogens is 336 g/mol. The molecule has 0 bridgehead atoms. The van der Waals surface area contributed by atoms with Crippen LogP contribution in [0.3, 0.4) is 0 Å². The van der Waals surface area contributed by atoms with Gasteiger partial charge in [-0.1, -0.05) is 36.4 Å². The Morgan fingerprint density at radius 3 is 2.60 bits per heavy atom. The van der Waals surface area contributed by atoms with Crippen LogP contribution >= 0.6 is 11.3 Å². The summed E-state index contributed by atoms with van der Waals surface area (Å²) >= 11 is 1.32. The summed E-state index contributed by atoms with van der Waals surface area (Å²) in [4.78, 5) is 24.4. The summed E-state index contributed by atoms with van der Waals surface area (Å²) < 4.78 is 5.32. The Morgan fingerprint density at radius 2 is 1.84 bits per heavy atom. The summed E-state index contributed by atoms with van der Waals surface area (Å²) in [6.45, 7) is 0. The first-order valence-electron chi connectivity index (χ1n) is 7.46. The molecule has 0 unspecified atom stereocenters. The summed E-state index contributed by atoms with van der Waals surface area (Å²) in [6, 6.07) is 19.2. The van der Waals surface area contributed by atoms with Gasteiger partial charge in [-0.2, -0.15) is 5.10 Å². The predicted octanol–water partition coefficient (Wildman–Crippen LogP) is 3.73. The molecule has 6 heteroatoms. The monoisotopic (exact) mass is 350 g/mol. The van der Waals surface area contributed by atoms with E-state index in [1.807, 2.05) is 11.4 Å². The molecule has 0 spiro atoms. The minimum absolute atomic E-state index is 0.294. The third kappa shape index (κ3) is 4.62. The van der Waals surface area contributed by atoms with E-state index in [1.54, 1.807) is 60.7 Å². The number of nitrogens with one attached hydrogen (secondary N) is 1. The van der Waals surface area contributed by atoms with Gasteiger partial charge < -0.3 is 4.74 Å². The predicted molar refractivity (Wildman–Crippen MR) is 97.2 cm³/mol. The second-order valence-corrected chi connectivity index (χ2v) is 5.95. The molecule has 3 aromatic rings. The first-order chi connectivity index (χ1) is 12.2. The Kier molecular flexibility index (Phi) is 5.33. The van der Waals surface area contributed by atoms with Crippen LogP contribution in [0.1, 0.15) is 25.6 Å². The van der Waals surface area contributed by atoms with Gasteiger partial charge in [0.05, 0.1) is 6.21 Å². The Labute approximate surface area is 148 Å². The van der Waals surface area contributed by atoms with Gasteiger partial charge in [0.1, 0.15) is 10.6 Å². The molecule has 0 fully saturated rings. The third-order valence-electron chi connectivity index (χ3n) is 3.21. The van der Waals surface area contributed by atoms with Crippen LogP contribution in [0.4, 0.5) is 0 Å². The molecule has 1 amide bonds. The summed E-state index contributed by atoms with van der Waals surface area (Å²) in [5.41, 5.74) is 3.68. The highest BCUT2D eigenvalue weighted by Crippen LogP contribution is 2.16. The van der Waals surface area contributed by atoms with Crippen molar-refractivity contribution in [3.8, 4) is 5.75 Å². The molecule has 0 saturated heterocycles. The highest BCUT2D eigenvalue weighted by atomic mass is 32.1. The van der Waals surface area contributed by atoms with Gasteiger partial charge in [0.25, 0.3) is 5.91 Å². The molecule has 0 saturated carbocycles. The number of benzene rings is 2. The van der Waals surface area contributed by atoms with E-state index in [0.717, 1.165) is 0 Å². The van der Waals surface area contributed by atoms with Crippen LogP contribution in [0.25, 0.3) is 0 Å². The zero-order valence-corrected chi connectivity index (χ0v) is 13.9. The van der Waals surface area contributed by atoms with Gasteiger partial charge in [-0.3, -0.25) is 4.79 Å². The van der Waals surface area contributed by atoms with Gasteiger partial charge in [0.2, 0.25) is 0 Å². The Balaban J connectivity index is 1.61. The van der Waals surface area contributed by atoms with Crippen molar-refractivity contribution >= 4 is 29.4 Å². The summed E-state index contributed by atoms with van der Waals surface area (Å²) in [5.74, 6) is -0.282. The molecule has 25 heavy (non-hydrogen) atoms. The summed E-state index contributed by atoms with van der Waals surface area (Å²) in [7, 11) is 0. The van der Waals surface area contributed by atoms with Crippen LogP contribution in [-0.2, 0) is 0 Å². The highest BCUT2D eigenvalue weighted by Gasteiger charge is 2.09. The molecule has 2 aromatic carbocycles. The summed E-state index contributed by atoms with van der Waals surface area (Å²) in [6.07, 6.45) is 1.49. The van der Waals surface area contributed by atoms with Crippen LogP contribution in [0.2, 0.25) is 0 Å². The number of rotatable bonds is 5. The first kappa shape index (κ1) is 16.6. The minimum Gasteiger partial charge on any atom is -0.422 e. The molecular formula is C19H14N2O3S. The van der Waals surface area contributed by atoms with E-state index in [1.165, 1.54) is 17.6 Å². The van der Waals surface area contributed by atoms with E-state index >= 15 is 0 Å². The number of hydrogen-bond acceptors (Lipinski definition) is 5. The van der Waals surface area contributed by atoms with E-state index in [0.29, 0.717) is 21.8 Å². The quantitative estimate of drug-likeness (QED) is 0.330. The Morgan fingerprint density at radius 1 is 1.00 bits per heavy atom. The fourth-order valence-corrected chi connectivity index (χ4v) is 2.63. The molecule has 124 valence electrons. The van der Waals surface area contributed by atoms with Crippen molar-refractivity contribution < 1.29 is 14.3 Å². The van der Waals surface area contributed by atoms with E-state index in [-0.39, 0.29) is 5.91 Å². The number of ether oxygens (including phenoxy) is 1. The van der Waals surface area contributed by atoms with Crippen LogP contribution in [0.15, 0.2) is 77.2 Å². The molecule has 0 aliphatic carbocycles. The zero-order valence-electron chi connectivity index (χ0n) is 13.1. The number of amides is 1. The maximum absolute atomic E-state index is 11.9. The van der Waals surface area contributed by atoms with E-state index < -0.39 is 5.97 Å². The number of carbonyl (C=O) groups is 2. The van der Waals surface area contributed by atoms with Gasteiger partial charge in [-0.05, 0) is 41.3 Å². The lowest BCUT2D eigenvalue weighted by Crippen LogP contribution is -2.17. The number of hydrazone groups is 1. The minimum atomic E-state index is -0.401. The van der Waals surface area contributed by atoms with E-state index in [4.69, 9.17) is 4.74 Å². The van der Waals surface area contributed by atoms with Crippen molar-refractivity contribution in [2.45, 2.75) is 0 Å². The molecule has 0 atom stereocenters. The molecule has 0 aliphatic heterocycles. The van der Waals surface area contributed by atoms with Gasteiger partial charge in [0.15, 0.2) is 0 Å². The average molecular weight is 350 g/mol. The standard InChI is InChI=1S/C19H14N2O3S/c22-18(15-7-2-1-3-8-15)21-20-13-14-6-4-9-16(12-14)24-19(23)17-10-5-11-25-17/h1-13H,(H,21,22). The van der Waals surface area contributed by atoms with Gasteiger partial charge in [0, 0.05) is 5.56 Å². The van der Waals surface area contributed by atoms with Crippen LogP contribution < -0.4 is 10.2 Å². The number of hydrogen-bond donors (Lipinski definition) is 1. The normalized spacial score (nSPS) is 10.6. The topological polar surface area (TPSA) is 67.8 Å². The molecule has 1 N–H and O–H groups in total. The second kappa shape index (κ2) is 8.03. The van der Waals surface area contributed by atoms with Crippen LogP contribution in [0.5, 0.6) is 5.75 Å². The van der Waals surface area contributed by atoms with E-state index in [9.17, 15) is 9.59 Å². The highest BCUT2D eigenvalue weighted by molar-refractivity contribution is 7.12. The summed E-state index contributed by atoms with van der Waals surface area (Å²) in [5, 5.41) is 5.74. The Bertz CT molecular complexity index is 890. The lowest BCUT2D eigenvalue weighted by atomic mass is 10.2. The maximum Gasteiger partial charge on any atom is 0.353 e. The van der Waals surface area contributed by atoms with Crippen LogP contribution in [0, 0.1) is 0 Å². The average Bonchev–Trinajstić information content (AvgIpc) is 3.17. The zero-order chi connectivity index (χ0) is 17.5. The number of esters is 1. The van der Waals surface area contributed by atoms with Crippen LogP contribution in [-0.4, -0.2) is 18.1 Å². The fourth-order valence-electron chi connectivity index (χ4n) is 2.03. The van der Waals surface area contributed by atoms with Crippen molar-refractivity contribution in [1.29, 1.82) is 0 Å². The molecule has 5 nitrogen and oxygen atoms in total. The van der Waals surface area contributed by atoms with Crippen molar-refractivity contribution in [3.63, 3.8) is 0 Å². The SMILES string of the molecule is O=C(NN=Cc1cccc(OC(=O)c2cccs2)c1)c1ccccc1. The molecule has 0 radical (unpaired) electrons. The van der Waals surface area contributed by atoms with Gasteiger partial charge in [-0.25, -0.2) is 10.2 Å². The molecule has 0 aliphatic rings. The largest absolute Gasteiger partial charge is 0.422 e. The van der Waals surface area contributed by atoms with Crippen molar-refractivity contribution in [3.05, 3.63) is 88.1 Å². The number of nitrogens with zero attached hydrogens (tertiary/aromatic N) is 1. The number of thiophene rings is 1. The van der Waals surface area contributed by atoms with Crippen molar-refractivity contribution in [2.24, 2.45) is 5.10 Å². The fraction of sp³-hybridized carbons (Fsp3) is 0. The van der Waals surface area contributed by atoms with Crippen molar-refractivity contribution in [1.82, 2.24) is 5.43 Å². The molecule has 1 aromatic heterocycles. The number of carbonyl (C=O) groups excluding carboxylic acids is 2. The lowest BCUT2D eigenvalue weighted by molar-refractivity contribution is 0.0739. The van der Waals surface area contributed by atoms with Crippen molar-refractivity contribution in [2.75, 3.05) is 0 Å². The second-order valence-electron chi connectivity index (χ2n) is 5.00. The smallest absolute Gasteiger partial charge is 0.353 e. The van der Waals surface area contributed by atoms with Gasteiger partial charge >= 0.3 is 5.97 Å². The first-order valence-corrected chi connectivity index (χ1v) is 8.34. The molecule has 3 rings (SSSR count).